The van der Waals surface area contributed by atoms with E-state index >= 15 is 0 Å². The number of hydrogen-bond acceptors (Lipinski definition) is 2. The van der Waals surface area contributed by atoms with E-state index in [1.165, 1.54) is 12.1 Å². The molecule has 1 atom stereocenters. The van der Waals surface area contributed by atoms with E-state index in [0.29, 0.717) is 0 Å². The van der Waals surface area contributed by atoms with Crippen LogP contribution in [-0.4, -0.2) is 35.1 Å². The first-order valence-electron chi connectivity index (χ1n) is 6.93. The number of alkyl halides is 1. The van der Waals surface area contributed by atoms with Crippen LogP contribution >= 0.6 is 11.6 Å². The Labute approximate surface area is 124 Å². The SMILES string of the molecule is CC(Cl)c1nc2ccc(F)cc2n1CCCCN(C)C. The number of aryl methyl sites for hydroxylation is 1. The van der Waals surface area contributed by atoms with E-state index in [1.807, 2.05) is 11.5 Å². The van der Waals surface area contributed by atoms with Gasteiger partial charge in [-0.25, -0.2) is 9.37 Å². The van der Waals surface area contributed by atoms with Crippen LogP contribution in [0.25, 0.3) is 11.0 Å². The summed E-state index contributed by atoms with van der Waals surface area (Å²) in [6.07, 6.45) is 2.12. The zero-order chi connectivity index (χ0) is 14.7. The fourth-order valence-electron chi connectivity index (χ4n) is 2.35. The second kappa shape index (κ2) is 6.55. The van der Waals surface area contributed by atoms with E-state index in [1.54, 1.807) is 6.07 Å². The zero-order valence-electron chi connectivity index (χ0n) is 12.2. The van der Waals surface area contributed by atoms with Crippen molar-refractivity contribution in [2.24, 2.45) is 0 Å². The highest BCUT2D eigenvalue weighted by molar-refractivity contribution is 6.20. The highest BCUT2D eigenvalue weighted by Crippen LogP contribution is 2.25. The molecule has 0 saturated heterocycles. The van der Waals surface area contributed by atoms with Crippen LogP contribution in [0.3, 0.4) is 0 Å². The van der Waals surface area contributed by atoms with E-state index in [9.17, 15) is 4.39 Å². The quantitative estimate of drug-likeness (QED) is 0.597. The van der Waals surface area contributed by atoms with Gasteiger partial charge in [-0.2, -0.15) is 0 Å². The molecule has 0 aliphatic heterocycles. The van der Waals surface area contributed by atoms with E-state index in [0.717, 1.165) is 42.8 Å². The highest BCUT2D eigenvalue weighted by atomic mass is 35.5. The van der Waals surface area contributed by atoms with Crippen LogP contribution in [0.1, 0.15) is 31.0 Å². The average Bonchev–Trinajstić information content (AvgIpc) is 2.73. The summed E-state index contributed by atoms with van der Waals surface area (Å²) >= 11 is 6.20. The number of unbranched alkanes of at least 4 members (excludes halogenated alkanes) is 1. The minimum Gasteiger partial charge on any atom is -0.327 e. The molecular weight excluding hydrogens is 277 g/mol. The third-order valence-corrected chi connectivity index (χ3v) is 3.53. The van der Waals surface area contributed by atoms with Gasteiger partial charge in [-0.1, -0.05) is 0 Å². The molecule has 20 heavy (non-hydrogen) atoms. The first-order chi connectivity index (χ1) is 9.49. The lowest BCUT2D eigenvalue weighted by Gasteiger charge is -2.12. The Morgan fingerprint density at radius 1 is 1.35 bits per heavy atom. The van der Waals surface area contributed by atoms with Gasteiger partial charge in [0.2, 0.25) is 0 Å². The molecule has 2 rings (SSSR count). The zero-order valence-corrected chi connectivity index (χ0v) is 13.0. The predicted molar refractivity (Wildman–Crippen MR) is 81.7 cm³/mol. The number of fused-ring (bicyclic) bond motifs is 1. The number of nitrogens with zero attached hydrogens (tertiary/aromatic N) is 3. The number of imidazole rings is 1. The number of halogens is 2. The Bertz CT molecular complexity index is 578. The maximum Gasteiger partial charge on any atom is 0.127 e. The van der Waals surface area contributed by atoms with Crippen LogP contribution in [-0.2, 0) is 6.54 Å². The van der Waals surface area contributed by atoms with Gasteiger partial charge in [-0.15, -0.1) is 11.6 Å². The lowest BCUT2D eigenvalue weighted by atomic mass is 10.2. The molecule has 1 aromatic heterocycles. The van der Waals surface area contributed by atoms with Crippen LogP contribution in [0, 0.1) is 5.82 Å². The number of benzene rings is 1. The Balaban J connectivity index is 2.24. The summed E-state index contributed by atoms with van der Waals surface area (Å²) in [5, 5.41) is -0.181. The van der Waals surface area contributed by atoms with Gasteiger partial charge in [-0.3, -0.25) is 0 Å². The molecule has 1 aromatic carbocycles. The molecule has 0 saturated carbocycles. The largest absolute Gasteiger partial charge is 0.327 e. The van der Waals surface area contributed by atoms with Gasteiger partial charge in [0.25, 0.3) is 0 Å². The molecule has 1 heterocycles. The van der Waals surface area contributed by atoms with E-state index in [-0.39, 0.29) is 11.2 Å². The molecule has 0 spiro atoms. The van der Waals surface area contributed by atoms with Crippen LogP contribution in [0.15, 0.2) is 18.2 Å². The van der Waals surface area contributed by atoms with Gasteiger partial charge in [0.15, 0.2) is 0 Å². The standard InChI is InChI=1S/C15H21ClFN3/c1-11(16)15-18-13-7-6-12(17)10-14(13)20(15)9-5-4-8-19(2)3/h6-7,10-11H,4-5,8-9H2,1-3H3. The van der Waals surface area contributed by atoms with E-state index in [2.05, 4.69) is 24.0 Å². The monoisotopic (exact) mass is 297 g/mol. The van der Waals surface area contributed by atoms with Crippen LogP contribution in [0.5, 0.6) is 0 Å². The van der Waals surface area contributed by atoms with E-state index < -0.39 is 0 Å². The van der Waals surface area contributed by atoms with Gasteiger partial charge in [0, 0.05) is 6.54 Å². The van der Waals surface area contributed by atoms with Crippen molar-refractivity contribution in [2.45, 2.75) is 31.7 Å². The van der Waals surface area contributed by atoms with Gasteiger partial charge in [0.05, 0.1) is 16.4 Å². The molecule has 5 heteroatoms. The number of rotatable bonds is 6. The lowest BCUT2D eigenvalue weighted by molar-refractivity contribution is 0.387. The topological polar surface area (TPSA) is 21.1 Å². The van der Waals surface area contributed by atoms with Gasteiger partial charge in [-0.05, 0) is 58.6 Å². The molecule has 0 fully saturated rings. The minimum atomic E-state index is -0.235. The van der Waals surface area contributed by atoms with Crippen molar-refractivity contribution in [1.82, 2.24) is 14.5 Å². The fourth-order valence-corrected chi connectivity index (χ4v) is 2.52. The van der Waals surface area contributed by atoms with Crippen molar-refractivity contribution in [3.05, 3.63) is 29.8 Å². The van der Waals surface area contributed by atoms with Crippen LogP contribution < -0.4 is 0 Å². The maximum atomic E-state index is 13.4. The molecule has 3 nitrogen and oxygen atoms in total. The number of hydrogen-bond donors (Lipinski definition) is 0. The smallest absolute Gasteiger partial charge is 0.127 e. The molecule has 110 valence electrons. The van der Waals surface area contributed by atoms with Crippen molar-refractivity contribution < 1.29 is 4.39 Å². The summed E-state index contributed by atoms with van der Waals surface area (Å²) in [5.41, 5.74) is 1.64. The predicted octanol–water partition coefficient (Wildman–Crippen LogP) is 3.82. The molecule has 0 aliphatic rings. The summed E-state index contributed by atoms with van der Waals surface area (Å²) in [6.45, 7) is 3.77. The summed E-state index contributed by atoms with van der Waals surface area (Å²) in [5.74, 6) is 0.581. The number of aromatic nitrogens is 2. The molecule has 0 aliphatic carbocycles. The molecule has 0 N–H and O–H groups in total. The van der Waals surface area contributed by atoms with Gasteiger partial charge < -0.3 is 9.47 Å². The molecular formula is C15H21ClFN3. The Morgan fingerprint density at radius 3 is 2.75 bits per heavy atom. The first-order valence-corrected chi connectivity index (χ1v) is 7.37. The van der Waals surface area contributed by atoms with Crippen LogP contribution in [0.2, 0.25) is 0 Å². The Hall–Kier alpha value is -1.13. The van der Waals surface area contributed by atoms with Crippen molar-refractivity contribution in [3.63, 3.8) is 0 Å². The highest BCUT2D eigenvalue weighted by Gasteiger charge is 2.15. The van der Waals surface area contributed by atoms with Crippen molar-refractivity contribution >= 4 is 22.6 Å². The summed E-state index contributed by atoms with van der Waals surface area (Å²) in [6, 6.07) is 4.69. The summed E-state index contributed by atoms with van der Waals surface area (Å²) in [7, 11) is 4.13. The van der Waals surface area contributed by atoms with Crippen molar-refractivity contribution in [3.8, 4) is 0 Å². The maximum absolute atomic E-state index is 13.4. The normalized spacial score (nSPS) is 13.3. The average molecular weight is 298 g/mol. The van der Waals surface area contributed by atoms with E-state index in [4.69, 9.17) is 11.6 Å². The minimum absolute atomic E-state index is 0.181. The van der Waals surface area contributed by atoms with Gasteiger partial charge >= 0.3 is 0 Å². The Kier molecular flexibility index (Phi) is 5.00. The molecule has 0 amide bonds. The molecule has 0 radical (unpaired) electrons. The molecule has 0 bridgehead atoms. The van der Waals surface area contributed by atoms with Crippen LogP contribution in [0.4, 0.5) is 4.39 Å². The van der Waals surface area contributed by atoms with Gasteiger partial charge in [0.1, 0.15) is 11.6 Å². The molecule has 2 aromatic rings. The fraction of sp³-hybridized carbons (Fsp3) is 0.533. The van der Waals surface area contributed by atoms with Crippen molar-refractivity contribution in [2.75, 3.05) is 20.6 Å². The second-order valence-corrected chi connectivity index (χ2v) is 6.04. The Morgan fingerprint density at radius 2 is 2.10 bits per heavy atom. The lowest BCUT2D eigenvalue weighted by Crippen LogP contribution is -2.14. The third kappa shape index (κ3) is 3.49. The summed E-state index contributed by atoms with van der Waals surface area (Å²) in [4.78, 5) is 6.68. The van der Waals surface area contributed by atoms with Crippen molar-refractivity contribution in [1.29, 1.82) is 0 Å². The third-order valence-electron chi connectivity index (χ3n) is 3.33. The first kappa shape index (κ1) is 15.3. The molecule has 1 unspecified atom stereocenters. The second-order valence-electron chi connectivity index (χ2n) is 5.38. The summed E-state index contributed by atoms with van der Waals surface area (Å²) < 4.78 is 15.5.